The molecular formula is C26H22F3N7OS. The number of alkyl halides is 3. The number of nitrogens with zero attached hydrogens (tertiary/aromatic N) is 7. The zero-order valence-electron chi connectivity index (χ0n) is 20.9. The Bertz CT molecular complexity index is 1810. The summed E-state index contributed by atoms with van der Waals surface area (Å²) in [4.78, 5) is 13.2. The molecule has 0 saturated heterocycles. The van der Waals surface area contributed by atoms with E-state index in [2.05, 4.69) is 45.9 Å². The Balaban J connectivity index is 1.29. The van der Waals surface area contributed by atoms with E-state index in [1.54, 1.807) is 23.9 Å². The zero-order chi connectivity index (χ0) is 26.8. The number of hydrogen-bond donors (Lipinski definition) is 0. The highest BCUT2D eigenvalue weighted by atomic mass is 32.1. The zero-order valence-corrected chi connectivity index (χ0v) is 21.7. The van der Waals surface area contributed by atoms with Gasteiger partial charge in [-0.25, -0.2) is 24.1 Å². The summed E-state index contributed by atoms with van der Waals surface area (Å²) in [6.07, 6.45) is -1.26. The molecule has 5 aromatic heterocycles. The van der Waals surface area contributed by atoms with Gasteiger partial charge < -0.3 is 4.74 Å². The molecule has 0 bridgehead atoms. The van der Waals surface area contributed by atoms with Crippen molar-refractivity contribution in [3.05, 3.63) is 65.7 Å². The number of hydrogen-bond acceptors (Lipinski definition) is 7. The molecule has 0 aliphatic carbocycles. The minimum Gasteiger partial charge on any atom is -0.471 e. The van der Waals surface area contributed by atoms with Crippen molar-refractivity contribution in [3.8, 4) is 17.3 Å². The minimum atomic E-state index is -4.53. The van der Waals surface area contributed by atoms with Crippen LogP contribution in [0, 0.1) is 6.92 Å². The van der Waals surface area contributed by atoms with Gasteiger partial charge in [0.1, 0.15) is 33.0 Å². The van der Waals surface area contributed by atoms with E-state index in [1.165, 1.54) is 16.4 Å². The van der Waals surface area contributed by atoms with Crippen LogP contribution in [0.25, 0.3) is 37.6 Å². The molecule has 0 fully saturated rings. The second kappa shape index (κ2) is 8.48. The van der Waals surface area contributed by atoms with Crippen LogP contribution >= 0.6 is 11.3 Å². The second-order valence-electron chi connectivity index (χ2n) is 10.0. The van der Waals surface area contributed by atoms with E-state index in [0.717, 1.165) is 23.2 Å². The standard InChI is InChI=1S/C26H22F3N7OS/c1-14-11-18(26(27,28)29)31-24-19(14)20-21(38-24)23-32-22(34-36(23)12-30-20)17-9-10-35(33-17)13-37-16-7-5-15(6-8-16)25(2,3)4/h5-12H,13H2,1-4H3. The number of aryl methyl sites for hydroxylation is 1. The molecule has 0 unspecified atom stereocenters. The van der Waals surface area contributed by atoms with Gasteiger partial charge >= 0.3 is 6.18 Å². The van der Waals surface area contributed by atoms with Crippen molar-refractivity contribution in [1.82, 2.24) is 34.3 Å². The van der Waals surface area contributed by atoms with Crippen molar-refractivity contribution >= 4 is 37.4 Å². The molecule has 194 valence electrons. The van der Waals surface area contributed by atoms with E-state index in [9.17, 15) is 13.2 Å². The molecule has 0 N–H and O–H groups in total. The lowest BCUT2D eigenvalue weighted by Gasteiger charge is -2.19. The molecule has 12 heteroatoms. The summed E-state index contributed by atoms with van der Waals surface area (Å²) < 4.78 is 49.5. The number of benzene rings is 1. The Kier molecular flexibility index (Phi) is 5.42. The third-order valence-electron chi connectivity index (χ3n) is 6.21. The highest BCUT2D eigenvalue weighted by Crippen LogP contribution is 2.38. The van der Waals surface area contributed by atoms with Crippen LogP contribution in [0.5, 0.6) is 5.75 Å². The molecule has 1 aromatic carbocycles. The molecular weight excluding hydrogens is 515 g/mol. The SMILES string of the molecule is Cc1cc(C(F)(F)F)nc2sc3c(ncn4nc(-c5ccn(COc6ccc(C(C)(C)C)cc6)n5)nc34)c12. The van der Waals surface area contributed by atoms with Gasteiger partial charge in [0.2, 0.25) is 5.82 Å². The van der Waals surface area contributed by atoms with Crippen LogP contribution < -0.4 is 4.74 Å². The van der Waals surface area contributed by atoms with Crippen LogP contribution in [-0.2, 0) is 18.3 Å². The molecule has 0 spiro atoms. The first-order valence-electron chi connectivity index (χ1n) is 11.8. The second-order valence-corrected chi connectivity index (χ2v) is 11.0. The predicted octanol–water partition coefficient (Wildman–Crippen LogP) is 6.41. The van der Waals surface area contributed by atoms with Gasteiger partial charge in [-0.1, -0.05) is 32.9 Å². The third kappa shape index (κ3) is 4.24. The van der Waals surface area contributed by atoms with E-state index in [1.807, 2.05) is 24.3 Å². The van der Waals surface area contributed by atoms with E-state index < -0.39 is 11.9 Å². The van der Waals surface area contributed by atoms with Crippen molar-refractivity contribution < 1.29 is 17.9 Å². The average Bonchev–Trinajstić information content (AvgIpc) is 3.57. The van der Waals surface area contributed by atoms with Gasteiger partial charge in [-0.2, -0.15) is 18.3 Å². The lowest BCUT2D eigenvalue weighted by Crippen LogP contribution is -2.11. The first-order valence-corrected chi connectivity index (χ1v) is 12.6. The first-order chi connectivity index (χ1) is 18.0. The van der Waals surface area contributed by atoms with Gasteiger partial charge in [-0.3, -0.25) is 0 Å². The van der Waals surface area contributed by atoms with Gasteiger partial charge in [-0.05, 0) is 47.7 Å². The van der Waals surface area contributed by atoms with E-state index in [-0.39, 0.29) is 17.0 Å². The average molecular weight is 538 g/mol. The fourth-order valence-corrected chi connectivity index (χ4v) is 5.39. The summed E-state index contributed by atoms with van der Waals surface area (Å²) in [6.45, 7) is 8.30. The molecule has 0 atom stereocenters. The maximum Gasteiger partial charge on any atom is 0.433 e. The molecule has 6 rings (SSSR count). The third-order valence-corrected chi connectivity index (χ3v) is 7.28. The fourth-order valence-electron chi connectivity index (χ4n) is 4.21. The number of ether oxygens (including phenoxy) is 1. The number of pyridine rings is 1. The predicted molar refractivity (Wildman–Crippen MR) is 138 cm³/mol. The number of halogens is 3. The van der Waals surface area contributed by atoms with Crippen LogP contribution in [0.4, 0.5) is 13.2 Å². The number of aromatic nitrogens is 7. The molecule has 0 amide bonds. The van der Waals surface area contributed by atoms with Gasteiger partial charge in [0.15, 0.2) is 12.4 Å². The van der Waals surface area contributed by atoms with Crippen molar-refractivity contribution in [3.63, 3.8) is 0 Å². The Hall–Kier alpha value is -4.06. The van der Waals surface area contributed by atoms with E-state index in [4.69, 9.17) is 4.74 Å². The highest BCUT2D eigenvalue weighted by molar-refractivity contribution is 7.26. The summed E-state index contributed by atoms with van der Waals surface area (Å²) in [6, 6.07) is 10.8. The van der Waals surface area contributed by atoms with Crippen molar-refractivity contribution in [2.45, 2.75) is 46.0 Å². The first kappa shape index (κ1) is 24.3. The number of fused-ring (bicyclic) bond motifs is 5. The summed E-state index contributed by atoms with van der Waals surface area (Å²) >= 11 is 1.11. The van der Waals surface area contributed by atoms with Gasteiger partial charge in [0.05, 0.1) is 5.52 Å². The Morgan fingerprint density at radius 1 is 1.00 bits per heavy atom. The molecule has 6 aromatic rings. The molecule has 0 radical (unpaired) electrons. The Morgan fingerprint density at radius 3 is 2.47 bits per heavy atom. The maximum atomic E-state index is 13.3. The molecule has 0 aliphatic heterocycles. The van der Waals surface area contributed by atoms with E-state index >= 15 is 0 Å². The van der Waals surface area contributed by atoms with Crippen LogP contribution in [0.1, 0.15) is 37.6 Å². The summed E-state index contributed by atoms with van der Waals surface area (Å²) in [5, 5.41) is 9.59. The molecule has 0 aliphatic rings. The number of thiophene rings is 1. The van der Waals surface area contributed by atoms with Gasteiger partial charge in [0.25, 0.3) is 0 Å². The Labute approximate surface area is 218 Å². The minimum absolute atomic E-state index is 0.0643. The molecule has 38 heavy (non-hydrogen) atoms. The van der Waals surface area contributed by atoms with Crippen LogP contribution in [0.15, 0.2) is 48.9 Å². The van der Waals surface area contributed by atoms with Crippen LogP contribution in [0.2, 0.25) is 0 Å². The van der Waals surface area contributed by atoms with Crippen molar-refractivity contribution in [1.29, 1.82) is 0 Å². The molecule has 5 heterocycles. The fraction of sp³-hybridized carbons (Fsp3) is 0.269. The topological polar surface area (TPSA) is 83.0 Å². The summed E-state index contributed by atoms with van der Waals surface area (Å²) in [5.74, 6) is 1.10. The van der Waals surface area contributed by atoms with Crippen LogP contribution in [0.3, 0.4) is 0 Å². The molecule has 8 nitrogen and oxygen atoms in total. The Morgan fingerprint density at radius 2 is 1.76 bits per heavy atom. The molecule has 0 saturated carbocycles. The maximum absolute atomic E-state index is 13.3. The lowest BCUT2D eigenvalue weighted by atomic mass is 9.87. The smallest absolute Gasteiger partial charge is 0.433 e. The van der Waals surface area contributed by atoms with Crippen molar-refractivity contribution in [2.75, 3.05) is 0 Å². The monoisotopic (exact) mass is 537 g/mol. The largest absolute Gasteiger partial charge is 0.471 e. The number of rotatable bonds is 4. The van der Waals surface area contributed by atoms with Crippen LogP contribution in [-0.4, -0.2) is 34.3 Å². The van der Waals surface area contributed by atoms with Crippen molar-refractivity contribution in [2.24, 2.45) is 0 Å². The summed E-state index contributed by atoms with van der Waals surface area (Å²) in [7, 11) is 0. The normalized spacial score (nSPS) is 12.7. The van der Waals surface area contributed by atoms with Gasteiger partial charge in [-0.15, -0.1) is 16.4 Å². The quantitative estimate of drug-likeness (QED) is 0.258. The lowest BCUT2D eigenvalue weighted by molar-refractivity contribution is -0.141. The van der Waals surface area contributed by atoms with E-state index in [0.29, 0.717) is 38.3 Å². The summed E-state index contributed by atoms with van der Waals surface area (Å²) in [5.41, 5.74) is 2.37. The van der Waals surface area contributed by atoms with Gasteiger partial charge in [0, 0.05) is 11.6 Å². The highest BCUT2D eigenvalue weighted by Gasteiger charge is 2.33.